The van der Waals surface area contributed by atoms with Crippen LogP contribution < -0.4 is 5.32 Å². The SMILES string of the molecule is C=C=C=C=C=C=C=C=C=C=C.C=C=NC=C.Cc1ccc(Nc2c(-c3ccc(C)o3)nc3cnccn23)cc1. The second-order valence-corrected chi connectivity index (χ2v) is 7.21. The minimum absolute atomic E-state index is 0.737. The van der Waals surface area contributed by atoms with Gasteiger partial charge in [0.25, 0.3) is 0 Å². The molecule has 0 amide bonds. The van der Waals surface area contributed by atoms with Crippen molar-refractivity contribution in [1.82, 2.24) is 14.4 Å². The predicted molar refractivity (Wildman–Crippen MR) is 156 cm³/mol. The summed E-state index contributed by atoms with van der Waals surface area (Å²) in [7, 11) is 0. The lowest BCUT2D eigenvalue weighted by Crippen LogP contribution is -1.96. The molecule has 0 saturated carbocycles. The molecule has 0 aliphatic carbocycles. The number of aromatic nitrogens is 3. The van der Waals surface area contributed by atoms with Crippen LogP contribution >= 0.6 is 0 Å². The number of fused-ring (bicyclic) bond motifs is 1. The van der Waals surface area contributed by atoms with Gasteiger partial charge in [-0.05, 0) is 104 Å². The number of furan rings is 1. The Hall–Kier alpha value is -6.13. The maximum absolute atomic E-state index is 5.76. The number of hydrogen-bond acceptors (Lipinski definition) is 5. The van der Waals surface area contributed by atoms with Gasteiger partial charge in [0.1, 0.15) is 17.3 Å². The first-order chi connectivity index (χ1) is 19.0. The smallest absolute Gasteiger partial charge is 0.157 e. The fraction of sp³-hybridized carbons (Fsp3) is 0.0606. The van der Waals surface area contributed by atoms with E-state index in [2.05, 4.69) is 123 Å². The minimum atomic E-state index is 0.737. The zero-order valence-electron chi connectivity index (χ0n) is 21.8. The van der Waals surface area contributed by atoms with Crippen LogP contribution in [-0.2, 0) is 0 Å². The molecule has 6 nitrogen and oxygen atoms in total. The van der Waals surface area contributed by atoms with E-state index in [0.29, 0.717) is 0 Å². The predicted octanol–water partition coefficient (Wildman–Crippen LogP) is 7.53. The molecule has 3 heterocycles. The average Bonchev–Trinajstić information content (AvgIpc) is 3.54. The molecular weight excluding hydrogens is 482 g/mol. The molecule has 4 rings (SSSR count). The summed E-state index contributed by atoms with van der Waals surface area (Å²) in [5.41, 5.74) is 25.7. The Morgan fingerprint density at radius 3 is 2.05 bits per heavy atom. The van der Waals surface area contributed by atoms with Crippen LogP contribution in [0.5, 0.6) is 0 Å². The maximum atomic E-state index is 5.76. The van der Waals surface area contributed by atoms with Crippen molar-refractivity contribution in [2.24, 2.45) is 4.99 Å². The molecule has 0 aliphatic rings. The normalized spacial score (nSPS) is 8.15. The van der Waals surface area contributed by atoms with Gasteiger partial charge in [0.2, 0.25) is 0 Å². The number of aliphatic imine (C=N–C) groups is 1. The number of imidazole rings is 1. The number of aryl methyl sites for hydroxylation is 2. The fourth-order valence-corrected chi connectivity index (χ4v) is 2.84. The topological polar surface area (TPSA) is 67.7 Å². The molecule has 188 valence electrons. The molecule has 1 aromatic carbocycles. The van der Waals surface area contributed by atoms with Gasteiger partial charge in [-0.2, -0.15) is 0 Å². The van der Waals surface area contributed by atoms with Gasteiger partial charge in [-0.3, -0.25) is 9.38 Å². The number of hydrogen-bond donors (Lipinski definition) is 1. The van der Waals surface area contributed by atoms with E-state index < -0.39 is 0 Å². The fourth-order valence-electron chi connectivity index (χ4n) is 2.84. The Morgan fingerprint density at radius 1 is 0.897 bits per heavy atom. The van der Waals surface area contributed by atoms with Crippen LogP contribution in [0.3, 0.4) is 0 Å². The summed E-state index contributed by atoms with van der Waals surface area (Å²) in [5.74, 6) is 4.73. The quantitative estimate of drug-likeness (QED) is 0.229. The van der Waals surface area contributed by atoms with Gasteiger partial charge >= 0.3 is 0 Å². The summed E-state index contributed by atoms with van der Waals surface area (Å²) >= 11 is 0. The molecule has 0 spiro atoms. The van der Waals surface area contributed by atoms with Gasteiger partial charge in [-0.25, -0.2) is 9.98 Å². The zero-order chi connectivity index (χ0) is 28.3. The van der Waals surface area contributed by atoms with Gasteiger partial charge in [-0.15, -0.1) is 0 Å². The van der Waals surface area contributed by atoms with E-state index in [-0.39, 0.29) is 0 Å². The maximum Gasteiger partial charge on any atom is 0.157 e. The zero-order valence-corrected chi connectivity index (χ0v) is 21.8. The van der Waals surface area contributed by atoms with Gasteiger partial charge < -0.3 is 9.73 Å². The molecule has 0 aliphatic heterocycles. The molecule has 4 aromatic rings. The molecule has 3 aromatic heterocycles. The highest BCUT2D eigenvalue weighted by Crippen LogP contribution is 2.31. The van der Waals surface area contributed by atoms with Crippen LogP contribution in [0.4, 0.5) is 11.5 Å². The van der Waals surface area contributed by atoms with Crippen LogP contribution in [-0.4, -0.2) is 20.2 Å². The van der Waals surface area contributed by atoms with E-state index in [1.165, 1.54) is 11.8 Å². The molecule has 0 atom stereocenters. The highest BCUT2D eigenvalue weighted by molar-refractivity contribution is 5.77. The van der Waals surface area contributed by atoms with Crippen molar-refractivity contribution < 1.29 is 4.42 Å². The monoisotopic (exact) mass is 507 g/mol. The first-order valence-electron chi connectivity index (χ1n) is 11.4. The summed E-state index contributed by atoms with van der Waals surface area (Å²) in [4.78, 5) is 12.2. The molecule has 0 bridgehead atoms. The number of rotatable bonds is 4. The summed E-state index contributed by atoms with van der Waals surface area (Å²) in [6.45, 7) is 17.0. The molecule has 0 radical (unpaired) electrons. The van der Waals surface area contributed by atoms with Crippen LogP contribution in [0.25, 0.3) is 17.1 Å². The number of benzene rings is 1. The van der Waals surface area contributed by atoms with E-state index in [9.17, 15) is 0 Å². The van der Waals surface area contributed by atoms with Crippen molar-refractivity contribution in [2.75, 3.05) is 5.32 Å². The molecular formula is C33H25N5O. The molecule has 0 saturated heterocycles. The van der Waals surface area contributed by atoms with Crippen molar-refractivity contribution in [2.45, 2.75) is 13.8 Å². The van der Waals surface area contributed by atoms with Crippen LogP contribution in [0.1, 0.15) is 11.3 Å². The van der Waals surface area contributed by atoms with Crippen molar-refractivity contribution >= 4 is 23.0 Å². The first-order valence-corrected chi connectivity index (χ1v) is 11.4. The lowest BCUT2D eigenvalue weighted by molar-refractivity contribution is 0.547. The highest BCUT2D eigenvalue weighted by atomic mass is 16.3. The standard InChI is InChI=1S/C18H16N4O.C11H4.C4H5N/c1-12-3-6-14(7-4-12)20-18-17(15-8-5-13(2)23-15)21-16-11-19-9-10-22(16)18;1-3-5-7-9-11-10-8-6-4-2;1-3-5-4-2/h3-11,20H,1-2H3;1-2H2;3H,1-2H2. The van der Waals surface area contributed by atoms with E-state index in [0.717, 1.165) is 34.4 Å². The van der Waals surface area contributed by atoms with Crippen LogP contribution in [0, 0.1) is 13.8 Å². The van der Waals surface area contributed by atoms with Crippen molar-refractivity contribution in [3.05, 3.63) is 150 Å². The Kier molecular flexibility index (Phi) is 12.3. The third-order valence-corrected chi connectivity index (χ3v) is 4.45. The van der Waals surface area contributed by atoms with Crippen molar-refractivity contribution in [3.8, 4) is 11.5 Å². The molecule has 1 N–H and O–H groups in total. The Bertz CT molecular complexity index is 1780. The number of anilines is 2. The first kappa shape index (κ1) is 29.1. The van der Waals surface area contributed by atoms with E-state index in [1.807, 2.05) is 41.8 Å². The van der Waals surface area contributed by atoms with Crippen LogP contribution in [0.15, 0.2) is 148 Å². The summed E-state index contributed by atoms with van der Waals surface area (Å²) in [5, 5.41) is 3.44. The number of nitrogens with one attached hydrogen (secondary N) is 1. The highest BCUT2D eigenvalue weighted by Gasteiger charge is 2.17. The van der Waals surface area contributed by atoms with Gasteiger partial charge in [-0.1, -0.05) is 35.7 Å². The summed E-state index contributed by atoms with van der Waals surface area (Å²) < 4.78 is 7.73. The van der Waals surface area contributed by atoms with Crippen LogP contribution in [0.2, 0.25) is 0 Å². The molecule has 0 unspecified atom stereocenters. The Balaban J connectivity index is 0.000000280. The van der Waals surface area contributed by atoms with Crippen molar-refractivity contribution in [3.63, 3.8) is 0 Å². The van der Waals surface area contributed by atoms with Crippen molar-refractivity contribution in [1.29, 1.82) is 0 Å². The molecule has 6 heteroatoms. The third kappa shape index (κ3) is 9.80. The van der Waals surface area contributed by atoms with Gasteiger partial charge in [0.15, 0.2) is 11.4 Å². The number of nitrogens with zero attached hydrogens (tertiary/aromatic N) is 4. The second kappa shape index (κ2) is 16.5. The third-order valence-electron chi connectivity index (χ3n) is 4.45. The van der Waals surface area contributed by atoms with Gasteiger partial charge in [0.05, 0.1) is 6.20 Å². The lowest BCUT2D eigenvalue weighted by Gasteiger charge is -2.08. The Labute approximate surface area is 227 Å². The molecule has 39 heavy (non-hydrogen) atoms. The summed E-state index contributed by atoms with van der Waals surface area (Å²) in [6, 6.07) is 12.1. The van der Waals surface area contributed by atoms with Gasteiger partial charge in [0, 0.05) is 24.3 Å². The molecule has 0 fully saturated rings. The average molecular weight is 508 g/mol. The van der Waals surface area contributed by atoms with E-state index in [1.54, 1.807) is 12.4 Å². The largest absolute Gasteiger partial charge is 0.460 e. The second-order valence-electron chi connectivity index (χ2n) is 7.21. The Morgan fingerprint density at radius 2 is 1.54 bits per heavy atom. The van der Waals surface area contributed by atoms with E-state index in [4.69, 9.17) is 4.42 Å². The lowest BCUT2D eigenvalue weighted by atomic mass is 10.2. The summed E-state index contributed by atoms with van der Waals surface area (Å²) in [6.07, 6.45) is 6.75. The van der Waals surface area contributed by atoms with E-state index >= 15 is 0 Å². The minimum Gasteiger partial charge on any atom is -0.460 e.